The molecule has 2 aromatic heterocycles. The van der Waals surface area contributed by atoms with Crippen LogP contribution in [-0.2, 0) is 0 Å². The number of hydrogen-bond acceptors (Lipinski definition) is 6. The predicted molar refractivity (Wildman–Crippen MR) is 75.8 cm³/mol. The maximum Gasteiger partial charge on any atom is 0.254 e. The van der Waals surface area contributed by atoms with E-state index in [1.165, 1.54) is 6.33 Å². The topological polar surface area (TPSA) is 86.8 Å². The van der Waals surface area contributed by atoms with E-state index >= 15 is 0 Å². The fourth-order valence-corrected chi connectivity index (χ4v) is 2.26. The minimum absolute atomic E-state index is 0.0859. The summed E-state index contributed by atoms with van der Waals surface area (Å²) in [4.78, 5) is 10.5. The van der Waals surface area contributed by atoms with Gasteiger partial charge in [0.2, 0.25) is 0 Å². The molecule has 2 N–H and O–H groups in total. The molecule has 0 atom stereocenters. The van der Waals surface area contributed by atoms with Gasteiger partial charge in [-0.15, -0.1) is 0 Å². The zero-order valence-corrected chi connectivity index (χ0v) is 12.3. The number of rotatable bonds is 5. The fourth-order valence-electron chi connectivity index (χ4n) is 2.26. The van der Waals surface area contributed by atoms with Gasteiger partial charge in [0.1, 0.15) is 12.1 Å². The van der Waals surface area contributed by atoms with Gasteiger partial charge in [-0.2, -0.15) is 14.6 Å². The number of aliphatic hydroxyl groups excluding tert-OH is 2. The molecular formula is C13H21N5O2. The number of anilines is 1. The summed E-state index contributed by atoms with van der Waals surface area (Å²) >= 11 is 0. The van der Waals surface area contributed by atoms with Gasteiger partial charge in [0.25, 0.3) is 5.78 Å². The molecule has 7 heteroatoms. The SMILES string of the molecule is Cc1nc2ncnn2c(N(C)CC(C)(CO)CO)c1C. The first-order valence-electron chi connectivity index (χ1n) is 6.51. The van der Waals surface area contributed by atoms with Crippen LogP contribution in [0.5, 0.6) is 0 Å². The summed E-state index contributed by atoms with van der Waals surface area (Å²) in [6.07, 6.45) is 1.47. The number of nitrogens with zero attached hydrogens (tertiary/aromatic N) is 5. The second-order valence-electron chi connectivity index (χ2n) is 5.60. The number of aryl methyl sites for hydroxylation is 1. The third-order valence-electron chi connectivity index (χ3n) is 3.62. The van der Waals surface area contributed by atoms with Crippen LogP contribution >= 0.6 is 0 Å². The maximum atomic E-state index is 9.44. The molecule has 0 saturated heterocycles. The molecule has 0 bridgehead atoms. The van der Waals surface area contributed by atoms with Gasteiger partial charge < -0.3 is 15.1 Å². The molecule has 0 spiro atoms. The van der Waals surface area contributed by atoms with E-state index in [1.807, 2.05) is 32.7 Å². The van der Waals surface area contributed by atoms with Crippen molar-refractivity contribution in [3.8, 4) is 0 Å². The van der Waals surface area contributed by atoms with Gasteiger partial charge in [-0.3, -0.25) is 0 Å². The smallest absolute Gasteiger partial charge is 0.254 e. The second-order valence-corrected chi connectivity index (χ2v) is 5.60. The fraction of sp³-hybridized carbons (Fsp3) is 0.615. The van der Waals surface area contributed by atoms with Crippen LogP contribution in [0.2, 0.25) is 0 Å². The molecule has 7 nitrogen and oxygen atoms in total. The van der Waals surface area contributed by atoms with Crippen molar-refractivity contribution in [1.29, 1.82) is 0 Å². The van der Waals surface area contributed by atoms with Crippen molar-refractivity contribution in [3.05, 3.63) is 17.6 Å². The highest BCUT2D eigenvalue weighted by molar-refractivity contribution is 5.53. The van der Waals surface area contributed by atoms with Crippen molar-refractivity contribution in [2.75, 3.05) is 31.7 Å². The Bertz CT molecular complexity index is 606. The van der Waals surface area contributed by atoms with Crippen LogP contribution < -0.4 is 4.90 Å². The molecular weight excluding hydrogens is 258 g/mol. The Morgan fingerprint density at radius 2 is 1.95 bits per heavy atom. The van der Waals surface area contributed by atoms with E-state index in [0.29, 0.717) is 12.3 Å². The Labute approximate surface area is 117 Å². The van der Waals surface area contributed by atoms with Gasteiger partial charge >= 0.3 is 0 Å². The standard InChI is InChI=1S/C13H21N5O2/c1-9-10(2)16-12-14-8-15-18(12)11(9)17(4)5-13(3,6-19)7-20/h8,19-20H,5-7H2,1-4H3. The first-order valence-corrected chi connectivity index (χ1v) is 6.51. The summed E-state index contributed by atoms with van der Waals surface area (Å²) in [5.41, 5.74) is 1.32. The van der Waals surface area contributed by atoms with Gasteiger partial charge in [0.15, 0.2) is 0 Å². The average Bonchev–Trinajstić information content (AvgIpc) is 2.87. The molecule has 0 amide bonds. The lowest BCUT2D eigenvalue weighted by atomic mass is 9.92. The molecule has 110 valence electrons. The molecule has 0 fully saturated rings. The van der Waals surface area contributed by atoms with E-state index < -0.39 is 5.41 Å². The van der Waals surface area contributed by atoms with Crippen LogP contribution in [0, 0.1) is 19.3 Å². The number of fused-ring (bicyclic) bond motifs is 1. The first kappa shape index (κ1) is 14.7. The molecule has 0 aliphatic heterocycles. The van der Waals surface area contributed by atoms with Crippen LogP contribution in [-0.4, -0.2) is 56.6 Å². The monoisotopic (exact) mass is 279 g/mol. The van der Waals surface area contributed by atoms with Gasteiger partial charge in [-0.25, -0.2) is 4.98 Å². The Morgan fingerprint density at radius 3 is 2.55 bits per heavy atom. The molecule has 0 aliphatic rings. The summed E-state index contributed by atoms with van der Waals surface area (Å²) < 4.78 is 1.68. The molecule has 2 heterocycles. The zero-order valence-electron chi connectivity index (χ0n) is 12.3. The summed E-state index contributed by atoms with van der Waals surface area (Å²) in [5.74, 6) is 1.42. The third-order valence-corrected chi connectivity index (χ3v) is 3.62. The lowest BCUT2D eigenvalue weighted by Gasteiger charge is -2.32. The predicted octanol–water partition coefficient (Wildman–Crippen LogP) is 0.168. The largest absolute Gasteiger partial charge is 0.396 e. The van der Waals surface area contributed by atoms with Crippen LogP contribution in [0.15, 0.2) is 6.33 Å². The van der Waals surface area contributed by atoms with Crippen LogP contribution in [0.4, 0.5) is 5.82 Å². The molecule has 0 aliphatic carbocycles. The summed E-state index contributed by atoms with van der Waals surface area (Å²) in [6.45, 7) is 6.07. The van der Waals surface area contributed by atoms with Gasteiger partial charge in [0.05, 0.1) is 13.2 Å². The molecule has 20 heavy (non-hydrogen) atoms. The minimum atomic E-state index is -0.578. The molecule has 2 rings (SSSR count). The third kappa shape index (κ3) is 2.46. The molecule has 0 saturated carbocycles. The van der Waals surface area contributed by atoms with E-state index in [2.05, 4.69) is 15.1 Å². The first-order chi connectivity index (χ1) is 9.41. The van der Waals surface area contributed by atoms with Crippen LogP contribution in [0.1, 0.15) is 18.2 Å². The normalized spacial score (nSPS) is 12.1. The molecule has 2 aromatic rings. The van der Waals surface area contributed by atoms with Crippen molar-refractivity contribution >= 4 is 11.6 Å². The van der Waals surface area contributed by atoms with Crippen molar-refractivity contribution in [2.24, 2.45) is 5.41 Å². The highest BCUT2D eigenvalue weighted by Gasteiger charge is 2.26. The lowest BCUT2D eigenvalue weighted by molar-refractivity contribution is 0.0761. The highest BCUT2D eigenvalue weighted by atomic mass is 16.3. The number of aliphatic hydroxyl groups is 2. The van der Waals surface area contributed by atoms with Crippen molar-refractivity contribution in [1.82, 2.24) is 19.6 Å². The highest BCUT2D eigenvalue weighted by Crippen LogP contribution is 2.25. The van der Waals surface area contributed by atoms with E-state index in [1.54, 1.807) is 4.52 Å². The minimum Gasteiger partial charge on any atom is -0.396 e. The Hall–Kier alpha value is -1.73. The summed E-state index contributed by atoms with van der Waals surface area (Å²) in [7, 11) is 1.91. The zero-order chi connectivity index (χ0) is 14.9. The number of hydrogen-bond donors (Lipinski definition) is 2. The molecule has 0 radical (unpaired) electrons. The maximum absolute atomic E-state index is 9.44. The van der Waals surface area contributed by atoms with Gasteiger partial charge in [-0.1, -0.05) is 6.92 Å². The van der Waals surface area contributed by atoms with Crippen molar-refractivity contribution < 1.29 is 10.2 Å². The van der Waals surface area contributed by atoms with Crippen LogP contribution in [0.3, 0.4) is 0 Å². The molecule has 0 unspecified atom stereocenters. The van der Waals surface area contributed by atoms with Gasteiger partial charge in [-0.05, 0) is 13.8 Å². The average molecular weight is 279 g/mol. The lowest BCUT2D eigenvalue weighted by Crippen LogP contribution is -2.40. The van der Waals surface area contributed by atoms with Crippen LogP contribution in [0.25, 0.3) is 5.78 Å². The Balaban J connectivity index is 2.46. The summed E-state index contributed by atoms with van der Waals surface area (Å²) in [6, 6.07) is 0. The summed E-state index contributed by atoms with van der Waals surface area (Å²) in [5, 5.41) is 23.1. The quantitative estimate of drug-likeness (QED) is 0.811. The van der Waals surface area contributed by atoms with Crippen molar-refractivity contribution in [2.45, 2.75) is 20.8 Å². The van der Waals surface area contributed by atoms with Crippen molar-refractivity contribution in [3.63, 3.8) is 0 Å². The second kappa shape index (κ2) is 5.34. The molecule has 0 aromatic carbocycles. The van der Waals surface area contributed by atoms with Gasteiger partial charge in [0, 0.05) is 30.3 Å². The van der Waals surface area contributed by atoms with E-state index in [9.17, 15) is 10.2 Å². The van der Waals surface area contributed by atoms with E-state index in [4.69, 9.17) is 0 Å². The van der Waals surface area contributed by atoms with E-state index in [-0.39, 0.29) is 13.2 Å². The van der Waals surface area contributed by atoms with E-state index in [0.717, 1.165) is 17.1 Å². The Kier molecular flexibility index (Phi) is 3.92. The Morgan fingerprint density at radius 1 is 1.30 bits per heavy atom. The number of aromatic nitrogens is 4.